The van der Waals surface area contributed by atoms with Gasteiger partial charge in [-0.25, -0.2) is 0 Å². The number of ether oxygens (including phenoxy) is 1. The van der Waals surface area contributed by atoms with Crippen molar-refractivity contribution in [2.24, 2.45) is 0 Å². The van der Waals surface area contributed by atoms with Gasteiger partial charge in [-0.3, -0.25) is 0 Å². The van der Waals surface area contributed by atoms with E-state index in [1.54, 1.807) is 7.11 Å². The third kappa shape index (κ3) is 3.37. The summed E-state index contributed by atoms with van der Waals surface area (Å²) in [4.78, 5) is 0. The molecule has 2 aliphatic rings. The maximum atomic E-state index is 10.3. The average Bonchev–Trinajstić information content (AvgIpc) is 2.96. The van der Waals surface area contributed by atoms with Crippen molar-refractivity contribution >= 4 is 5.69 Å². The number of aliphatic hydroxyl groups is 1. The third-order valence-corrected chi connectivity index (χ3v) is 4.53. The van der Waals surface area contributed by atoms with Crippen LogP contribution in [0.25, 0.3) is 0 Å². The molecule has 0 bridgehead atoms. The molecule has 1 aromatic rings. The molecule has 2 aliphatic heterocycles. The highest BCUT2D eigenvalue weighted by molar-refractivity contribution is 5.50. The van der Waals surface area contributed by atoms with E-state index in [4.69, 9.17) is 4.74 Å². The summed E-state index contributed by atoms with van der Waals surface area (Å²) < 4.78 is 5.32. The lowest BCUT2D eigenvalue weighted by molar-refractivity contribution is 0.106. The molecule has 1 fully saturated rings. The molecule has 116 valence electrons. The first-order valence-electron chi connectivity index (χ1n) is 7.71. The molecule has 0 amide bonds. The number of hydrogen-bond donors (Lipinski definition) is 4. The lowest BCUT2D eigenvalue weighted by Gasteiger charge is -2.25. The zero-order chi connectivity index (χ0) is 14.8. The van der Waals surface area contributed by atoms with Crippen LogP contribution in [0.1, 0.15) is 24.5 Å². The Morgan fingerprint density at radius 2 is 2.19 bits per heavy atom. The first-order chi connectivity index (χ1) is 10.2. The van der Waals surface area contributed by atoms with E-state index in [9.17, 15) is 5.11 Å². The average molecular weight is 291 g/mol. The summed E-state index contributed by atoms with van der Waals surface area (Å²) in [6, 6.07) is 6.90. The Bertz CT molecular complexity index is 494. The van der Waals surface area contributed by atoms with Gasteiger partial charge in [0, 0.05) is 31.9 Å². The first kappa shape index (κ1) is 14.8. The topological polar surface area (TPSA) is 65.5 Å². The van der Waals surface area contributed by atoms with Crippen LogP contribution in [0.5, 0.6) is 0 Å². The maximum Gasteiger partial charge on any atom is 0.140 e. The Balaban J connectivity index is 1.64. The summed E-state index contributed by atoms with van der Waals surface area (Å²) >= 11 is 0. The standard InChI is InChI=1S/C16H25N3O2/c1-10-5-12-6-13(4-3-11(12)8-17-10)19-16(20)15-7-14(21-2)9-18-15/h3-4,6,10,14-20H,5,7-9H2,1-2H3/t10?,14?,15-,16?/m1/s1. The molecule has 0 aliphatic carbocycles. The molecule has 21 heavy (non-hydrogen) atoms. The molecule has 1 aromatic carbocycles. The number of hydrogen-bond acceptors (Lipinski definition) is 5. The summed E-state index contributed by atoms with van der Waals surface area (Å²) in [7, 11) is 1.72. The maximum absolute atomic E-state index is 10.3. The predicted molar refractivity (Wildman–Crippen MR) is 83.3 cm³/mol. The minimum Gasteiger partial charge on any atom is -0.380 e. The molecule has 3 rings (SSSR count). The van der Waals surface area contributed by atoms with Crippen LogP contribution in [0.3, 0.4) is 0 Å². The van der Waals surface area contributed by atoms with E-state index in [0.29, 0.717) is 6.04 Å². The molecule has 0 aromatic heterocycles. The molecule has 0 radical (unpaired) electrons. The fourth-order valence-electron chi connectivity index (χ4n) is 3.19. The van der Waals surface area contributed by atoms with Gasteiger partial charge >= 0.3 is 0 Å². The lowest BCUT2D eigenvalue weighted by atomic mass is 9.96. The van der Waals surface area contributed by atoms with Crippen molar-refractivity contribution < 1.29 is 9.84 Å². The quantitative estimate of drug-likeness (QED) is 0.619. The van der Waals surface area contributed by atoms with Gasteiger partial charge < -0.3 is 25.8 Å². The second-order valence-corrected chi connectivity index (χ2v) is 6.17. The van der Waals surface area contributed by atoms with Gasteiger partial charge in [0.25, 0.3) is 0 Å². The Kier molecular flexibility index (Phi) is 4.45. The Morgan fingerprint density at radius 1 is 1.33 bits per heavy atom. The van der Waals surface area contributed by atoms with Crippen molar-refractivity contribution in [3.05, 3.63) is 29.3 Å². The van der Waals surface area contributed by atoms with Crippen LogP contribution in [0.4, 0.5) is 5.69 Å². The van der Waals surface area contributed by atoms with Crippen LogP contribution in [0.15, 0.2) is 18.2 Å². The molecule has 5 heteroatoms. The summed E-state index contributed by atoms with van der Waals surface area (Å²) in [6.07, 6.45) is 1.47. The van der Waals surface area contributed by atoms with Gasteiger partial charge in [-0.15, -0.1) is 0 Å². The SMILES string of the molecule is COC1CN[C@@H](C(O)Nc2ccc3c(c2)CC(C)NC3)C1. The van der Waals surface area contributed by atoms with E-state index in [0.717, 1.165) is 31.6 Å². The first-order valence-corrected chi connectivity index (χ1v) is 7.71. The molecule has 1 saturated heterocycles. The zero-order valence-corrected chi connectivity index (χ0v) is 12.7. The van der Waals surface area contributed by atoms with Gasteiger partial charge in [-0.2, -0.15) is 0 Å². The minimum absolute atomic E-state index is 0.0339. The Hall–Kier alpha value is -1.14. The summed E-state index contributed by atoms with van der Waals surface area (Å²) in [5, 5.41) is 20.3. The van der Waals surface area contributed by atoms with Gasteiger partial charge in [0.05, 0.1) is 12.1 Å². The number of methoxy groups -OCH3 is 1. The van der Waals surface area contributed by atoms with E-state index in [-0.39, 0.29) is 12.1 Å². The van der Waals surface area contributed by atoms with Crippen molar-refractivity contribution in [1.82, 2.24) is 10.6 Å². The highest BCUT2D eigenvalue weighted by Crippen LogP contribution is 2.22. The summed E-state index contributed by atoms with van der Waals surface area (Å²) in [6.45, 7) is 3.93. The van der Waals surface area contributed by atoms with Gasteiger partial charge in [-0.05, 0) is 43.0 Å². The number of anilines is 1. The number of nitrogens with one attached hydrogen (secondary N) is 3. The van der Waals surface area contributed by atoms with Crippen LogP contribution in [0, 0.1) is 0 Å². The summed E-state index contributed by atoms with van der Waals surface area (Å²) in [5.74, 6) is 0. The van der Waals surface area contributed by atoms with Gasteiger partial charge in [0.1, 0.15) is 6.23 Å². The highest BCUT2D eigenvalue weighted by Gasteiger charge is 2.29. The monoisotopic (exact) mass is 291 g/mol. The van der Waals surface area contributed by atoms with Crippen molar-refractivity contribution in [2.75, 3.05) is 19.0 Å². The number of benzene rings is 1. The van der Waals surface area contributed by atoms with Crippen molar-refractivity contribution in [1.29, 1.82) is 0 Å². The molecular formula is C16H25N3O2. The van der Waals surface area contributed by atoms with Gasteiger partial charge in [0.2, 0.25) is 0 Å². The number of rotatable bonds is 4. The second kappa shape index (κ2) is 6.32. The second-order valence-electron chi connectivity index (χ2n) is 6.17. The van der Waals surface area contributed by atoms with Crippen LogP contribution < -0.4 is 16.0 Å². The van der Waals surface area contributed by atoms with E-state index in [1.807, 2.05) is 6.07 Å². The van der Waals surface area contributed by atoms with Crippen molar-refractivity contribution in [3.8, 4) is 0 Å². The fraction of sp³-hybridized carbons (Fsp3) is 0.625. The Labute approximate surface area is 126 Å². The minimum atomic E-state index is -0.595. The van der Waals surface area contributed by atoms with E-state index in [1.165, 1.54) is 11.1 Å². The van der Waals surface area contributed by atoms with Gasteiger partial charge in [-0.1, -0.05) is 6.07 Å². The molecule has 5 nitrogen and oxygen atoms in total. The third-order valence-electron chi connectivity index (χ3n) is 4.53. The molecular weight excluding hydrogens is 266 g/mol. The normalized spacial score (nSPS) is 30.0. The fourth-order valence-corrected chi connectivity index (χ4v) is 3.19. The molecule has 2 heterocycles. The van der Waals surface area contributed by atoms with Crippen LogP contribution in [-0.2, 0) is 17.7 Å². The van der Waals surface area contributed by atoms with Crippen LogP contribution >= 0.6 is 0 Å². The molecule has 0 spiro atoms. The smallest absolute Gasteiger partial charge is 0.140 e. The van der Waals surface area contributed by atoms with E-state index >= 15 is 0 Å². The lowest BCUT2D eigenvalue weighted by Crippen LogP contribution is -2.40. The van der Waals surface area contributed by atoms with Crippen LogP contribution in [0.2, 0.25) is 0 Å². The number of fused-ring (bicyclic) bond motifs is 1. The Morgan fingerprint density at radius 3 is 2.95 bits per heavy atom. The van der Waals surface area contributed by atoms with E-state index in [2.05, 4.69) is 35.0 Å². The molecule has 0 saturated carbocycles. The predicted octanol–water partition coefficient (Wildman–Crippen LogP) is 0.828. The highest BCUT2D eigenvalue weighted by atomic mass is 16.5. The molecule has 4 atom stereocenters. The van der Waals surface area contributed by atoms with E-state index < -0.39 is 6.23 Å². The van der Waals surface area contributed by atoms with Gasteiger partial charge in [0.15, 0.2) is 0 Å². The van der Waals surface area contributed by atoms with Crippen LogP contribution in [-0.4, -0.2) is 43.2 Å². The largest absolute Gasteiger partial charge is 0.380 e. The van der Waals surface area contributed by atoms with Crippen molar-refractivity contribution in [2.45, 2.75) is 50.7 Å². The summed E-state index contributed by atoms with van der Waals surface area (Å²) in [5.41, 5.74) is 3.71. The molecule has 4 N–H and O–H groups in total. The zero-order valence-electron chi connectivity index (χ0n) is 12.7. The van der Waals surface area contributed by atoms with Crippen molar-refractivity contribution in [3.63, 3.8) is 0 Å². The number of aliphatic hydroxyl groups excluding tert-OH is 1. The molecule has 3 unspecified atom stereocenters.